The Kier molecular flexibility index (Phi) is 4.07. The maximum atomic E-state index is 12.5. The molecule has 0 radical (unpaired) electrons. The molecule has 0 fully saturated rings. The summed E-state index contributed by atoms with van der Waals surface area (Å²) in [7, 11) is 1.37. The summed E-state index contributed by atoms with van der Waals surface area (Å²) in [6.45, 7) is 0. The summed E-state index contributed by atoms with van der Waals surface area (Å²) in [5.41, 5.74) is -0.130. The molecule has 72 valence electrons. The van der Waals surface area contributed by atoms with E-state index < -0.39 is 6.43 Å². The molecule has 0 N–H and O–H groups in total. The Labute approximate surface area is 101 Å². The summed E-state index contributed by atoms with van der Waals surface area (Å²) in [5.74, 6) is 0.218. The van der Waals surface area contributed by atoms with Crippen molar-refractivity contribution >= 4 is 45.2 Å². The first-order chi connectivity index (χ1) is 6.07. The molecule has 1 aromatic heterocycles. The highest BCUT2D eigenvalue weighted by Gasteiger charge is 2.20. The van der Waals surface area contributed by atoms with Crippen LogP contribution in [0.15, 0.2) is 6.20 Å². The van der Waals surface area contributed by atoms with Crippen LogP contribution in [0.2, 0.25) is 0 Å². The molecule has 0 aliphatic rings. The normalized spacial score (nSPS) is 10.6. The van der Waals surface area contributed by atoms with Crippen molar-refractivity contribution in [3.8, 4) is 5.75 Å². The summed E-state index contributed by atoms with van der Waals surface area (Å²) in [4.78, 5) is 3.83. The Balaban J connectivity index is 3.35. The maximum absolute atomic E-state index is 12.5. The number of alkyl halides is 2. The number of aromatic nitrogens is 1. The second-order valence-corrected chi connectivity index (χ2v) is 4.33. The van der Waals surface area contributed by atoms with E-state index in [-0.39, 0.29) is 15.0 Å². The van der Waals surface area contributed by atoms with Gasteiger partial charge in [-0.2, -0.15) is 0 Å². The number of pyridine rings is 1. The van der Waals surface area contributed by atoms with Crippen molar-refractivity contribution in [1.29, 1.82) is 0 Å². The molecular formula is C7H5F2I2NO. The second-order valence-electron chi connectivity index (χ2n) is 2.14. The third-order valence-corrected chi connectivity index (χ3v) is 3.03. The Hall–Kier alpha value is 0.270. The lowest BCUT2D eigenvalue weighted by Gasteiger charge is -2.10. The van der Waals surface area contributed by atoms with Crippen molar-refractivity contribution in [3.63, 3.8) is 0 Å². The fourth-order valence-electron chi connectivity index (χ4n) is 0.860. The molecule has 0 atom stereocenters. The summed E-state index contributed by atoms with van der Waals surface area (Å²) in [6.07, 6.45) is -1.04. The van der Waals surface area contributed by atoms with E-state index in [2.05, 4.69) is 4.98 Å². The van der Waals surface area contributed by atoms with E-state index in [0.29, 0.717) is 3.57 Å². The molecule has 0 saturated carbocycles. The van der Waals surface area contributed by atoms with Gasteiger partial charge in [0.05, 0.1) is 16.2 Å². The van der Waals surface area contributed by atoms with Crippen molar-refractivity contribution in [3.05, 3.63) is 19.0 Å². The van der Waals surface area contributed by atoms with Crippen LogP contribution in [0.25, 0.3) is 0 Å². The summed E-state index contributed by atoms with van der Waals surface area (Å²) >= 11 is 3.68. The van der Waals surface area contributed by atoms with E-state index >= 15 is 0 Å². The monoisotopic (exact) mass is 411 g/mol. The fourth-order valence-corrected chi connectivity index (χ4v) is 2.13. The predicted molar refractivity (Wildman–Crippen MR) is 61.2 cm³/mol. The summed E-state index contributed by atoms with van der Waals surface area (Å²) in [5, 5.41) is 0. The summed E-state index contributed by atoms with van der Waals surface area (Å²) in [6, 6.07) is 0. The van der Waals surface area contributed by atoms with Crippen molar-refractivity contribution in [2.45, 2.75) is 6.43 Å². The molecule has 0 amide bonds. The molecule has 1 rings (SSSR count). The van der Waals surface area contributed by atoms with Crippen LogP contribution < -0.4 is 4.74 Å². The van der Waals surface area contributed by atoms with Gasteiger partial charge in [-0.1, -0.05) is 0 Å². The average molecular weight is 411 g/mol. The highest BCUT2D eigenvalue weighted by atomic mass is 127. The number of hydrogen-bond acceptors (Lipinski definition) is 2. The number of hydrogen-bond donors (Lipinski definition) is 0. The van der Waals surface area contributed by atoms with Crippen LogP contribution in [0.5, 0.6) is 5.75 Å². The molecule has 0 unspecified atom stereocenters. The molecule has 0 bridgehead atoms. The highest BCUT2D eigenvalue weighted by molar-refractivity contribution is 14.1. The van der Waals surface area contributed by atoms with Crippen LogP contribution in [0.1, 0.15) is 12.0 Å². The number of ether oxygens (including phenoxy) is 1. The second kappa shape index (κ2) is 4.67. The fraction of sp³-hybridized carbons (Fsp3) is 0.286. The molecule has 6 heteroatoms. The van der Waals surface area contributed by atoms with Crippen LogP contribution >= 0.6 is 45.2 Å². The lowest BCUT2D eigenvalue weighted by Crippen LogP contribution is -2.00. The average Bonchev–Trinajstić information content (AvgIpc) is 2.07. The molecule has 0 saturated heterocycles. The zero-order valence-corrected chi connectivity index (χ0v) is 10.8. The van der Waals surface area contributed by atoms with E-state index in [1.165, 1.54) is 13.3 Å². The number of methoxy groups -OCH3 is 1. The quantitative estimate of drug-likeness (QED) is 0.551. The minimum Gasteiger partial charge on any atom is -0.495 e. The lowest BCUT2D eigenvalue weighted by atomic mass is 10.3. The highest BCUT2D eigenvalue weighted by Crippen LogP contribution is 2.34. The van der Waals surface area contributed by atoms with Crippen LogP contribution in [0.4, 0.5) is 8.78 Å². The Morgan fingerprint density at radius 2 is 2.08 bits per heavy atom. The molecule has 0 aliphatic carbocycles. The molecule has 0 spiro atoms. The van der Waals surface area contributed by atoms with Gasteiger partial charge in [0.25, 0.3) is 6.43 Å². The van der Waals surface area contributed by atoms with Gasteiger partial charge in [-0.25, -0.2) is 13.8 Å². The lowest BCUT2D eigenvalue weighted by molar-refractivity contribution is 0.145. The van der Waals surface area contributed by atoms with Crippen LogP contribution in [0.3, 0.4) is 0 Å². The van der Waals surface area contributed by atoms with Gasteiger partial charge >= 0.3 is 0 Å². The van der Waals surface area contributed by atoms with Gasteiger partial charge in [0.1, 0.15) is 9.45 Å². The Morgan fingerprint density at radius 1 is 1.46 bits per heavy atom. The van der Waals surface area contributed by atoms with E-state index in [1.807, 2.05) is 22.6 Å². The van der Waals surface area contributed by atoms with E-state index in [0.717, 1.165) is 0 Å². The van der Waals surface area contributed by atoms with Gasteiger partial charge in [0.2, 0.25) is 0 Å². The molecular weight excluding hydrogens is 406 g/mol. The number of nitrogens with zero attached hydrogens (tertiary/aromatic N) is 1. The largest absolute Gasteiger partial charge is 0.495 e. The molecule has 2 nitrogen and oxygen atoms in total. The third kappa shape index (κ3) is 2.39. The topological polar surface area (TPSA) is 22.1 Å². The zero-order valence-electron chi connectivity index (χ0n) is 6.52. The van der Waals surface area contributed by atoms with Crippen molar-refractivity contribution in [2.75, 3.05) is 7.11 Å². The van der Waals surface area contributed by atoms with E-state index in [4.69, 9.17) is 4.74 Å². The first-order valence-corrected chi connectivity index (χ1v) is 5.39. The molecule has 1 heterocycles. The van der Waals surface area contributed by atoms with E-state index in [9.17, 15) is 8.78 Å². The van der Waals surface area contributed by atoms with Gasteiger partial charge in [-0.15, -0.1) is 0 Å². The van der Waals surface area contributed by atoms with Crippen LogP contribution in [0, 0.1) is 7.27 Å². The number of halogens is 4. The van der Waals surface area contributed by atoms with Crippen molar-refractivity contribution in [2.24, 2.45) is 0 Å². The van der Waals surface area contributed by atoms with Crippen LogP contribution in [-0.4, -0.2) is 12.1 Å². The first-order valence-electron chi connectivity index (χ1n) is 3.24. The Bertz CT molecular complexity index is 320. The summed E-state index contributed by atoms with van der Waals surface area (Å²) < 4.78 is 30.8. The standard InChI is InChI=1S/C7H5F2I2NO/c1-13-5-3(10)2-12-7(11)4(5)6(8)9/h2,6H,1H3. The minimum atomic E-state index is -2.55. The van der Waals surface area contributed by atoms with Gasteiger partial charge in [-0.05, 0) is 45.2 Å². The number of rotatable bonds is 2. The van der Waals surface area contributed by atoms with E-state index in [1.54, 1.807) is 22.6 Å². The Morgan fingerprint density at radius 3 is 2.46 bits per heavy atom. The van der Waals surface area contributed by atoms with Gasteiger partial charge < -0.3 is 4.74 Å². The smallest absolute Gasteiger partial charge is 0.270 e. The molecule has 13 heavy (non-hydrogen) atoms. The molecule has 1 aromatic rings. The molecule has 0 aromatic carbocycles. The molecule has 0 aliphatic heterocycles. The minimum absolute atomic E-state index is 0.130. The van der Waals surface area contributed by atoms with Gasteiger partial charge in [0.15, 0.2) is 0 Å². The third-order valence-electron chi connectivity index (χ3n) is 1.40. The van der Waals surface area contributed by atoms with Gasteiger partial charge in [-0.3, -0.25) is 0 Å². The van der Waals surface area contributed by atoms with Crippen LogP contribution in [-0.2, 0) is 0 Å². The SMILES string of the molecule is COc1c(I)cnc(I)c1C(F)F. The first kappa shape index (κ1) is 11.3. The van der Waals surface area contributed by atoms with Gasteiger partial charge in [0, 0.05) is 6.20 Å². The van der Waals surface area contributed by atoms with Crippen molar-refractivity contribution < 1.29 is 13.5 Å². The predicted octanol–water partition coefficient (Wildman–Crippen LogP) is 3.24. The maximum Gasteiger partial charge on any atom is 0.270 e. The zero-order chi connectivity index (χ0) is 10.0. The van der Waals surface area contributed by atoms with Crippen molar-refractivity contribution in [1.82, 2.24) is 4.98 Å².